The number of para-hydroxylation sites is 1. The highest BCUT2D eigenvalue weighted by Crippen LogP contribution is 2.38. The van der Waals surface area contributed by atoms with Crippen LogP contribution in [-0.2, 0) is 10.8 Å². The normalized spacial score (nSPS) is 12.5. The van der Waals surface area contributed by atoms with Crippen LogP contribution in [0.25, 0.3) is 38.8 Å². The summed E-state index contributed by atoms with van der Waals surface area (Å²) in [7, 11) is 0. The number of phenols is 1. The maximum atomic E-state index is 10.2. The summed E-state index contributed by atoms with van der Waals surface area (Å²) < 4.78 is 2.15. The summed E-state index contributed by atoms with van der Waals surface area (Å²) in [5, 5.41) is 12.5. The summed E-state index contributed by atoms with van der Waals surface area (Å²) in [5.41, 5.74) is 7.15. The van der Waals surface area contributed by atoms with E-state index in [1.54, 1.807) is 6.07 Å². The van der Waals surface area contributed by atoms with Crippen LogP contribution in [0.5, 0.6) is 5.75 Å². The Kier molecular flexibility index (Phi) is 5.05. The van der Waals surface area contributed by atoms with E-state index in [-0.39, 0.29) is 16.6 Å². The lowest BCUT2D eigenvalue weighted by molar-refractivity contribution is 0.476. The molecule has 0 unspecified atom stereocenters. The van der Waals surface area contributed by atoms with Gasteiger partial charge in [-0.3, -0.25) is 4.57 Å². The third-order valence-corrected chi connectivity index (χ3v) is 6.64. The van der Waals surface area contributed by atoms with Crippen molar-refractivity contribution in [2.75, 3.05) is 0 Å². The van der Waals surface area contributed by atoms with E-state index < -0.39 is 0 Å². The first-order valence-electron chi connectivity index (χ1n) is 11.9. The second-order valence-corrected chi connectivity index (χ2v) is 11.2. The van der Waals surface area contributed by atoms with Crippen molar-refractivity contribution >= 4 is 21.8 Å². The van der Waals surface area contributed by atoms with Gasteiger partial charge >= 0.3 is 0 Å². The molecule has 3 heteroatoms. The van der Waals surface area contributed by atoms with Crippen LogP contribution in [0, 0.1) is 0 Å². The maximum absolute atomic E-state index is 10.2. The molecule has 1 N–H and O–H groups in total. The van der Waals surface area contributed by atoms with E-state index in [1.807, 2.05) is 24.4 Å². The Hall–Kier alpha value is -3.59. The molecule has 0 spiro atoms. The molecule has 0 amide bonds. The fraction of sp³-hybridized carbons (Fsp3) is 0.258. The van der Waals surface area contributed by atoms with Gasteiger partial charge in [-0.1, -0.05) is 77.9 Å². The Morgan fingerprint density at radius 2 is 1.44 bits per heavy atom. The molecule has 3 aromatic carbocycles. The molecule has 0 bridgehead atoms. The second-order valence-electron chi connectivity index (χ2n) is 11.2. The first kappa shape index (κ1) is 22.2. The molecule has 2 heterocycles. The van der Waals surface area contributed by atoms with Gasteiger partial charge in [0, 0.05) is 23.0 Å². The monoisotopic (exact) mass is 448 g/mol. The molecule has 0 saturated carbocycles. The standard InChI is InChI=1S/C31H32N2O/c1-30(2,3)21-11-13-23(26(18-21)31(4,5)6)20-15-16-32-29(17-20)33-27-10-8-7-9-24(27)25-14-12-22(34)19-28(25)33/h7-19,34H,1-6H3. The predicted molar refractivity (Wildman–Crippen MR) is 143 cm³/mol. The van der Waals surface area contributed by atoms with Gasteiger partial charge < -0.3 is 5.11 Å². The number of aromatic hydroxyl groups is 1. The largest absolute Gasteiger partial charge is 0.508 e. The number of aromatic nitrogens is 2. The third-order valence-electron chi connectivity index (χ3n) is 6.64. The molecule has 5 rings (SSSR count). The number of rotatable bonds is 2. The van der Waals surface area contributed by atoms with Crippen LogP contribution in [0.2, 0.25) is 0 Å². The summed E-state index contributed by atoms with van der Waals surface area (Å²) >= 11 is 0. The summed E-state index contributed by atoms with van der Waals surface area (Å²) in [4.78, 5) is 4.77. The van der Waals surface area contributed by atoms with Crippen molar-refractivity contribution in [3.05, 3.63) is 90.1 Å². The summed E-state index contributed by atoms with van der Waals surface area (Å²) in [5.74, 6) is 1.09. The molecule has 0 aliphatic heterocycles. The number of benzene rings is 3. The number of hydrogen-bond acceptors (Lipinski definition) is 2. The van der Waals surface area contributed by atoms with Gasteiger partial charge in [0.25, 0.3) is 0 Å². The molecule has 5 aromatic rings. The molecule has 34 heavy (non-hydrogen) atoms. The lowest BCUT2D eigenvalue weighted by Gasteiger charge is -2.27. The van der Waals surface area contributed by atoms with Gasteiger partial charge in [-0.2, -0.15) is 0 Å². The molecular weight excluding hydrogens is 416 g/mol. The highest BCUT2D eigenvalue weighted by molar-refractivity contribution is 6.09. The zero-order chi connectivity index (χ0) is 24.3. The van der Waals surface area contributed by atoms with E-state index in [4.69, 9.17) is 4.98 Å². The molecule has 0 saturated heterocycles. The Bertz CT molecular complexity index is 1530. The Morgan fingerprint density at radius 3 is 2.18 bits per heavy atom. The van der Waals surface area contributed by atoms with E-state index >= 15 is 0 Å². The molecule has 0 aliphatic carbocycles. The van der Waals surface area contributed by atoms with Crippen molar-refractivity contribution in [2.24, 2.45) is 0 Å². The van der Waals surface area contributed by atoms with E-state index in [9.17, 15) is 5.11 Å². The number of phenolic OH excluding ortho intramolecular Hbond substituents is 1. The predicted octanol–water partition coefficient (Wildman–Crippen LogP) is 8.15. The van der Waals surface area contributed by atoms with Crippen LogP contribution < -0.4 is 0 Å². The molecule has 172 valence electrons. The minimum absolute atomic E-state index is 0.00133. The van der Waals surface area contributed by atoms with Crippen molar-refractivity contribution in [3.63, 3.8) is 0 Å². The van der Waals surface area contributed by atoms with Crippen LogP contribution in [0.4, 0.5) is 0 Å². The van der Waals surface area contributed by atoms with Gasteiger partial charge in [-0.05, 0) is 63.4 Å². The lowest BCUT2D eigenvalue weighted by atomic mass is 9.77. The number of pyridine rings is 1. The summed E-state index contributed by atoms with van der Waals surface area (Å²) in [6.45, 7) is 13.6. The van der Waals surface area contributed by atoms with Gasteiger partial charge in [0.1, 0.15) is 11.6 Å². The Labute approximate surface area is 201 Å². The Balaban J connectivity index is 1.75. The van der Waals surface area contributed by atoms with Crippen LogP contribution in [0.15, 0.2) is 79.0 Å². The van der Waals surface area contributed by atoms with Crippen LogP contribution in [0.1, 0.15) is 52.7 Å². The van der Waals surface area contributed by atoms with E-state index in [0.717, 1.165) is 33.2 Å². The molecule has 2 aromatic heterocycles. The fourth-order valence-corrected chi connectivity index (χ4v) is 4.80. The molecule has 0 aliphatic rings. The molecule has 3 nitrogen and oxygen atoms in total. The van der Waals surface area contributed by atoms with Crippen LogP contribution in [-0.4, -0.2) is 14.7 Å². The van der Waals surface area contributed by atoms with Gasteiger partial charge in [0.2, 0.25) is 0 Å². The fourth-order valence-electron chi connectivity index (χ4n) is 4.80. The molecular formula is C31H32N2O. The average Bonchev–Trinajstić information content (AvgIpc) is 3.11. The van der Waals surface area contributed by atoms with Crippen molar-refractivity contribution < 1.29 is 5.11 Å². The van der Waals surface area contributed by atoms with Crippen LogP contribution >= 0.6 is 0 Å². The SMILES string of the molecule is CC(C)(C)c1ccc(-c2ccnc(-n3c4ccccc4c4ccc(O)cc43)c2)c(C(C)(C)C)c1. The van der Waals surface area contributed by atoms with Gasteiger partial charge in [-0.15, -0.1) is 0 Å². The Morgan fingerprint density at radius 1 is 0.706 bits per heavy atom. The van der Waals surface area contributed by atoms with E-state index in [2.05, 4.69) is 94.6 Å². The minimum Gasteiger partial charge on any atom is -0.508 e. The number of nitrogens with zero attached hydrogens (tertiary/aromatic N) is 2. The van der Waals surface area contributed by atoms with E-state index in [0.29, 0.717) is 0 Å². The molecule has 0 radical (unpaired) electrons. The van der Waals surface area contributed by atoms with Crippen molar-refractivity contribution in [1.82, 2.24) is 9.55 Å². The highest BCUT2D eigenvalue weighted by Gasteiger charge is 2.23. The smallest absolute Gasteiger partial charge is 0.138 e. The third kappa shape index (κ3) is 3.75. The first-order chi connectivity index (χ1) is 16.0. The molecule has 0 atom stereocenters. The highest BCUT2D eigenvalue weighted by atomic mass is 16.3. The number of fused-ring (bicyclic) bond motifs is 3. The molecule has 0 fully saturated rings. The minimum atomic E-state index is -0.00133. The average molecular weight is 449 g/mol. The second kappa shape index (κ2) is 7.73. The zero-order valence-corrected chi connectivity index (χ0v) is 20.8. The maximum Gasteiger partial charge on any atom is 0.138 e. The van der Waals surface area contributed by atoms with Gasteiger partial charge in [-0.25, -0.2) is 4.98 Å². The van der Waals surface area contributed by atoms with Gasteiger partial charge in [0.15, 0.2) is 0 Å². The van der Waals surface area contributed by atoms with Crippen LogP contribution in [0.3, 0.4) is 0 Å². The van der Waals surface area contributed by atoms with Crippen molar-refractivity contribution in [1.29, 1.82) is 0 Å². The van der Waals surface area contributed by atoms with E-state index in [1.165, 1.54) is 16.7 Å². The van der Waals surface area contributed by atoms with Gasteiger partial charge in [0.05, 0.1) is 11.0 Å². The summed E-state index contributed by atoms with van der Waals surface area (Å²) in [6.07, 6.45) is 1.89. The van der Waals surface area contributed by atoms with Crippen molar-refractivity contribution in [3.8, 4) is 22.7 Å². The lowest BCUT2D eigenvalue weighted by Crippen LogP contribution is -2.17. The number of hydrogen-bond donors (Lipinski definition) is 1. The topological polar surface area (TPSA) is 38.0 Å². The summed E-state index contributed by atoms with van der Waals surface area (Å²) in [6, 6.07) is 25.0. The first-order valence-corrected chi connectivity index (χ1v) is 11.9. The quantitative estimate of drug-likeness (QED) is 0.296. The zero-order valence-electron chi connectivity index (χ0n) is 20.8. The van der Waals surface area contributed by atoms with Crippen molar-refractivity contribution in [2.45, 2.75) is 52.4 Å².